The van der Waals surface area contributed by atoms with Crippen molar-refractivity contribution in [3.05, 3.63) is 0 Å². The van der Waals surface area contributed by atoms with E-state index in [2.05, 4.69) is 31.8 Å². The molecule has 1 aliphatic carbocycles. The van der Waals surface area contributed by atoms with E-state index >= 15 is 0 Å². The minimum absolute atomic E-state index is 0. The van der Waals surface area contributed by atoms with Gasteiger partial charge in [-0.1, -0.05) is 32.1 Å². The molecule has 0 radical (unpaired) electrons. The summed E-state index contributed by atoms with van der Waals surface area (Å²) in [5.74, 6) is 0. The van der Waals surface area contributed by atoms with Crippen molar-refractivity contribution >= 4 is 25.0 Å². The van der Waals surface area contributed by atoms with Crippen LogP contribution >= 0.6 is 25.0 Å². The first-order chi connectivity index (χ1) is 6.58. The van der Waals surface area contributed by atoms with Gasteiger partial charge < -0.3 is 5.32 Å². The fourth-order valence-corrected chi connectivity index (χ4v) is 2.15. The van der Waals surface area contributed by atoms with E-state index < -0.39 is 0 Å². The summed E-state index contributed by atoms with van der Waals surface area (Å²) >= 11 is 4.54. The Bertz CT molecular complexity index is 148. The highest BCUT2D eigenvalue weighted by atomic mass is 35.5. The molecule has 1 saturated carbocycles. The van der Waals surface area contributed by atoms with E-state index in [1.807, 2.05) is 0 Å². The van der Waals surface area contributed by atoms with E-state index in [4.69, 9.17) is 0 Å². The molecule has 1 aliphatic rings. The SMILES string of the molecule is CC(C)(S)CNC1CCCCCCC1.Cl. The second kappa shape index (κ2) is 7.81. The lowest BCUT2D eigenvalue weighted by Crippen LogP contribution is -2.38. The fourth-order valence-electron chi connectivity index (χ4n) is 2.05. The highest BCUT2D eigenvalue weighted by Crippen LogP contribution is 2.18. The molecule has 0 bridgehead atoms. The number of halogens is 1. The minimum atomic E-state index is 0. The smallest absolute Gasteiger partial charge is 0.0198 e. The first kappa shape index (κ1) is 15.6. The highest BCUT2D eigenvalue weighted by molar-refractivity contribution is 7.81. The lowest BCUT2D eigenvalue weighted by Gasteiger charge is -2.25. The van der Waals surface area contributed by atoms with Gasteiger partial charge in [0, 0.05) is 17.3 Å². The molecular formula is C12H26ClNS. The molecule has 92 valence electrons. The first-order valence-electron chi connectivity index (χ1n) is 6.04. The van der Waals surface area contributed by atoms with E-state index in [1.165, 1.54) is 44.9 Å². The number of rotatable bonds is 3. The predicted octanol–water partition coefficient (Wildman–Crippen LogP) is 3.82. The maximum Gasteiger partial charge on any atom is 0.0198 e. The number of hydrogen-bond acceptors (Lipinski definition) is 2. The molecule has 1 rings (SSSR count). The molecule has 0 aliphatic heterocycles. The molecule has 0 saturated heterocycles. The third-order valence-corrected chi connectivity index (χ3v) is 3.09. The average molecular weight is 252 g/mol. The molecular weight excluding hydrogens is 226 g/mol. The molecule has 0 spiro atoms. The molecule has 0 aromatic rings. The summed E-state index contributed by atoms with van der Waals surface area (Å²) < 4.78 is 0.127. The van der Waals surface area contributed by atoms with Crippen molar-refractivity contribution in [3.63, 3.8) is 0 Å². The van der Waals surface area contributed by atoms with Gasteiger partial charge in [-0.25, -0.2) is 0 Å². The zero-order valence-corrected chi connectivity index (χ0v) is 11.8. The summed E-state index contributed by atoms with van der Waals surface area (Å²) in [5, 5.41) is 3.65. The Hall–Kier alpha value is 0.600. The zero-order valence-electron chi connectivity index (χ0n) is 10.1. The van der Waals surface area contributed by atoms with Crippen LogP contribution in [0.25, 0.3) is 0 Å². The molecule has 0 aromatic carbocycles. The van der Waals surface area contributed by atoms with Crippen molar-refractivity contribution in [2.45, 2.75) is 69.6 Å². The third-order valence-electron chi connectivity index (χ3n) is 2.93. The lowest BCUT2D eigenvalue weighted by atomic mass is 9.96. The Morgan fingerprint density at radius 2 is 1.53 bits per heavy atom. The van der Waals surface area contributed by atoms with Crippen molar-refractivity contribution in [1.82, 2.24) is 5.32 Å². The zero-order chi connectivity index (χ0) is 10.4. The Morgan fingerprint density at radius 3 is 2.00 bits per heavy atom. The molecule has 1 N–H and O–H groups in total. The Kier molecular flexibility index (Phi) is 8.12. The average Bonchev–Trinajstić information content (AvgIpc) is 2.00. The Morgan fingerprint density at radius 1 is 1.07 bits per heavy atom. The van der Waals surface area contributed by atoms with E-state index in [-0.39, 0.29) is 17.2 Å². The summed E-state index contributed by atoms with van der Waals surface area (Å²) in [6.07, 6.45) is 9.86. The van der Waals surface area contributed by atoms with Gasteiger partial charge in [0.05, 0.1) is 0 Å². The maximum absolute atomic E-state index is 4.54. The predicted molar refractivity (Wildman–Crippen MR) is 74.4 cm³/mol. The van der Waals surface area contributed by atoms with E-state index in [9.17, 15) is 0 Å². The monoisotopic (exact) mass is 251 g/mol. The van der Waals surface area contributed by atoms with E-state index in [1.54, 1.807) is 0 Å². The van der Waals surface area contributed by atoms with Crippen molar-refractivity contribution in [1.29, 1.82) is 0 Å². The lowest BCUT2D eigenvalue weighted by molar-refractivity contribution is 0.381. The standard InChI is InChI=1S/C12H25NS.ClH/c1-12(2,14)10-13-11-8-6-4-3-5-7-9-11;/h11,13-14H,3-10H2,1-2H3;1H. The van der Waals surface area contributed by atoms with Crippen molar-refractivity contribution < 1.29 is 0 Å². The van der Waals surface area contributed by atoms with Gasteiger partial charge in [0.15, 0.2) is 0 Å². The minimum Gasteiger partial charge on any atom is -0.313 e. The highest BCUT2D eigenvalue weighted by Gasteiger charge is 2.15. The summed E-state index contributed by atoms with van der Waals surface area (Å²) in [4.78, 5) is 0. The van der Waals surface area contributed by atoms with Crippen LogP contribution < -0.4 is 5.32 Å². The quantitative estimate of drug-likeness (QED) is 0.727. The molecule has 0 aromatic heterocycles. The van der Waals surface area contributed by atoms with Gasteiger partial charge >= 0.3 is 0 Å². The third kappa shape index (κ3) is 8.41. The maximum atomic E-state index is 4.54. The fraction of sp³-hybridized carbons (Fsp3) is 1.00. The second-order valence-electron chi connectivity index (χ2n) is 5.24. The summed E-state index contributed by atoms with van der Waals surface area (Å²) in [5.41, 5.74) is 0. The van der Waals surface area contributed by atoms with Gasteiger partial charge in [0.2, 0.25) is 0 Å². The molecule has 0 unspecified atom stereocenters. The molecule has 0 heterocycles. The summed E-state index contributed by atoms with van der Waals surface area (Å²) in [6, 6.07) is 0.752. The molecule has 15 heavy (non-hydrogen) atoms. The van der Waals surface area contributed by atoms with Gasteiger partial charge in [0.25, 0.3) is 0 Å². The summed E-state index contributed by atoms with van der Waals surface area (Å²) in [6.45, 7) is 5.37. The van der Waals surface area contributed by atoms with Crippen molar-refractivity contribution in [3.8, 4) is 0 Å². The number of nitrogens with one attached hydrogen (secondary N) is 1. The first-order valence-corrected chi connectivity index (χ1v) is 6.48. The van der Waals surface area contributed by atoms with E-state index in [0.717, 1.165) is 12.6 Å². The van der Waals surface area contributed by atoms with E-state index in [0.29, 0.717) is 0 Å². The number of thiol groups is 1. The van der Waals surface area contributed by atoms with Crippen LogP contribution in [0.4, 0.5) is 0 Å². The molecule has 1 nitrogen and oxygen atoms in total. The van der Waals surface area contributed by atoms with Gasteiger partial charge in [-0.2, -0.15) is 12.6 Å². The Balaban J connectivity index is 0.00000196. The normalized spacial score (nSPS) is 20.2. The van der Waals surface area contributed by atoms with Crippen LogP contribution in [-0.4, -0.2) is 17.3 Å². The van der Waals surface area contributed by atoms with Crippen LogP contribution in [0, 0.1) is 0 Å². The summed E-state index contributed by atoms with van der Waals surface area (Å²) in [7, 11) is 0. The van der Waals surface area contributed by atoms with Crippen LogP contribution in [0.15, 0.2) is 0 Å². The van der Waals surface area contributed by atoms with Crippen molar-refractivity contribution in [2.24, 2.45) is 0 Å². The molecule has 3 heteroatoms. The largest absolute Gasteiger partial charge is 0.313 e. The van der Waals surface area contributed by atoms with Gasteiger partial charge in [0.1, 0.15) is 0 Å². The van der Waals surface area contributed by atoms with Crippen LogP contribution in [0.3, 0.4) is 0 Å². The Labute approximate surface area is 107 Å². The molecule has 0 atom stereocenters. The van der Waals surface area contributed by atoms with Gasteiger partial charge in [-0.3, -0.25) is 0 Å². The van der Waals surface area contributed by atoms with Gasteiger partial charge in [-0.05, 0) is 26.7 Å². The molecule has 1 fully saturated rings. The van der Waals surface area contributed by atoms with Crippen LogP contribution in [-0.2, 0) is 0 Å². The van der Waals surface area contributed by atoms with Crippen LogP contribution in [0.5, 0.6) is 0 Å². The second-order valence-corrected chi connectivity index (χ2v) is 6.45. The van der Waals surface area contributed by atoms with Crippen LogP contribution in [0.2, 0.25) is 0 Å². The molecule has 0 amide bonds. The van der Waals surface area contributed by atoms with Crippen LogP contribution in [0.1, 0.15) is 58.8 Å². The van der Waals surface area contributed by atoms with Crippen molar-refractivity contribution in [2.75, 3.05) is 6.54 Å². The van der Waals surface area contributed by atoms with Gasteiger partial charge in [-0.15, -0.1) is 12.4 Å². The topological polar surface area (TPSA) is 12.0 Å². The number of hydrogen-bond donors (Lipinski definition) is 2.